The van der Waals surface area contributed by atoms with E-state index in [1.54, 1.807) is 0 Å². The summed E-state index contributed by atoms with van der Waals surface area (Å²) >= 11 is 5.16. The van der Waals surface area contributed by atoms with Crippen LogP contribution >= 0.6 is 27.7 Å². The van der Waals surface area contributed by atoms with Crippen LogP contribution in [0.25, 0.3) is 0 Å². The normalized spacial score (nSPS) is 11.3. The topological polar surface area (TPSA) is 38.1 Å². The summed E-state index contributed by atoms with van der Waals surface area (Å²) in [7, 11) is 0. The van der Waals surface area contributed by atoms with Gasteiger partial charge in [-0.1, -0.05) is 19.9 Å². The Morgan fingerprint density at radius 3 is 2.65 bits per heavy atom. The van der Waals surface area contributed by atoms with Gasteiger partial charge in [-0.05, 0) is 59.2 Å². The lowest BCUT2D eigenvalue weighted by molar-refractivity contribution is 0.431. The van der Waals surface area contributed by atoms with Crippen LogP contribution in [0.2, 0.25) is 0 Å². The molecule has 0 bridgehead atoms. The van der Waals surface area contributed by atoms with Gasteiger partial charge in [0.1, 0.15) is 5.76 Å². The number of nitrogens with zero attached hydrogens (tertiary/aromatic N) is 1. The van der Waals surface area contributed by atoms with Crippen molar-refractivity contribution in [2.24, 2.45) is 0 Å². The molecule has 0 aliphatic carbocycles. The largest absolute Gasteiger partial charge is 0.436 e. The molecule has 0 saturated carbocycles. The summed E-state index contributed by atoms with van der Waals surface area (Å²) in [6.07, 6.45) is 0. The van der Waals surface area contributed by atoms with Crippen molar-refractivity contribution in [1.29, 1.82) is 0 Å². The maximum Gasteiger partial charge on any atom is 0.261 e. The summed E-state index contributed by atoms with van der Waals surface area (Å²) in [5.74, 6) is 0.876. The number of hydrogen-bond acceptors (Lipinski definition) is 4. The molecule has 0 aliphatic heterocycles. The third kappa shape index (κ3) is 4.11. The molecule has 0 saturated heterocycles. The van der Waals surface area contributed by atoms with Crippen LogP contribution in [0.5, 0.6) is 0 Å². The fraction of sp³-hybridized carbons (Fsp3) is 0.400. The molecule has 0 radical (unpaired) electrons. The molecule has 0 fully saturated rings. The maximum atomic E-state index is 5.60. The molecule has 0 amide bonds. The Morgan fingerprint density at radius 2 is 2.10 bits per heavy atom. The second-order valence-corrected chi connectivity index (χ2v) is 6.87. The highest BCUT2D eigenvalue weighted by Gasteiger charge is 2.10. The van der Waals surface area contributed by atoms with Crippen molar-refractivity contribution in [3.8, 4) is 0 Å². The number of nitrogens with one attached hydrogen (secondary N) is 1. The molecular weight excluding hydrogens is 336 g/mol. The molecule has 0 unspecified atom stereocenters. The summed E-state index contributed by atoms with van der Waals surface area (Å²) in [5.41, 5.74) is 2.20. The van der Waals surface area contributed by atoms with Gasteiger partial charge in [0.15, 0.2) is 0 Å². The first-order valence-electron chi connectivity index (χ1n) is 6.59. The van der Waals surface area contributed by atoms with E-state index in [1.807, 2.05) is 13.8 Å². The van der Waals surface area contributed by atoms with E-state index in [0.717, 1.165) is 27.4 Å². The number of oxazole rings is 1. The fourth-order valence-electron chi connectivity index (χ4n) is 1.64. The van der Waals surface area contributed by atoms with Crippen molar-refractivity contribution < 1.29 is 4.42 Å². The Bertz CT molecular complexity index is 576. The Hall–Kier alpha value is -0.780. The van der Waals surface area contributed by atoms with E-state index in [-0.39, 0.29) is 0 Å². The van der Waals surface area contributed by atoms with E-state index in [0.29, 0.717) is 11.3 Å². The highest BCUT2D eigenvalue weighted by Crippen LogP contribution is 2.34. The second-order valence-electron chi connectivity index (χ2n) is 5.02. The highest BCUT2D eigenvalue weighted by molar-refractivity contribution is 9.10. The SMILES string of the molecule is Cc1nc(Sc2ccc(CNC(C)C)cc2Br)oc1C. The van der Waals surface area contributed by atoms with Crippen LogP contribution in [-0.4, -0.2) is 11.0 Å². The molecule has 1 heterocycles. The molecule has 1 N–H and O–H groups in total. The Morgan fingerprint density at radius 1 is 1.35 bits per heavy atom. The van der Waals surface area contributed by atoms with Gasteiger partial charge in [-0.25, -0.2) is 4.98 Å². The number of rotatable bonds is 5. The molecular formula is C15H19BrN2OS. The number of hydrogen-bond donors (Lipinski definition) is 1. The summed E-state index contributed by atoms with van der Waals surface area (Å²) in [4.78, 5) is 5.50. The standard InChI is InChI=1S/C15H19BrN2OS/c1-9(2)17-8-12-5-6-14(13(16)7-12)20-15-18-10(3)11(4)19-15/h5-7,9,17H,8H2,1-4H3. The number of benzene rings is 1. The van der Waals surface area contributed by atoms with Crippen molar-refractivity contribution >= 4 is 27.7 Å². The Kier molecular flexibility index (Phi) is 5.29. The number of aryl methyl sites for hydroxylation is 2. The van der Waals surface area contributed by atoms with Crippen LogP contribution in [0.1, 0.15) is 30.9 Å². The van der Waals surface area contributed by atoms with Crippen molar-refractivity contribution in [3.05, 3.63) is 39.7 Å². The lowest BCUT2D eigenvalue weighted by atomic mass is 10.2. The van der Waals surface area contributed by atoms with Gasteiger partial charge in [-0.2, -0.15) is 0 Å². The van der Waals surface area contributed by atoms with E-state index in [4.69, 9.17) is 4.42 Å². The van der Waals surface area contributed by atoms with E-state index in [2.05, 4.69) is 58.3 Å². The monoisotopic (exact) mass is 354 g/mol. The molecule has 5 heteroatoms. The predicted molar refractivity (Wildman–Crippen MR) is 86.2 cm³/mol. The van der Waals surface area contributed by atoms with Crippen LogP contribution in [-0.2, 0) is 6.54 Å². The molecule has 108 valence electrons. The van der Waals surface area contributed by atoms with E-state index < -0.39 is 0 Å². The van der Waals surface area contributed by atoms with Crippen molar-refractivity contribution in [2.45, 2.75) is 50.4 Å². The van der Waals surface area contributed by atoms with Crippen molar-refractivity contribution in [2.75, 3.05) is 0 Å². The number of aromatic nitrogens is 1. The lowest BCUT2D eigenvalue weighted by Gasteiger charge is -2.09. The van der Waals surface area contributed by atoms with Gasteiger partial charge >= 0.3 is 0 Å². The molecule has 0 atom stereocenters. The van der Waals surface area contributed by atoms with Gasteiger partial charge in [0.2, 0.25) is 0 Å². The van der Waals surface area contributed by atoms with Crippen molar-refractivity contribution in [1.82, 2.24) is 10.3 Å². The third-order valence-electron chi connectivity index (χ3n) is 2.92. The first kappa shape index (κ1) is 15.6. The number of halogens is 1. The summed E-state index contributed by atoms with van der Waals surface area (Å²) in [5, 5.41) is 4.10. The molecule has 20 heavy (non-hydrogen) atoms. The zero-order valence-electron chi connectivity index (χ0n) is 12.2. The lowest BCUT2D eigenvalue weighted by Crippen LogP contribution is -2.21. The van der Waals surface area contributed by atoms with Crippen LogP contribution in [0.3, 0.4) is 0 Å². The molecule has 0 spiro atoms. The van der Waals surface area contributed by atoms with E-state index >= 15 is 0 Å². The molecule has 0 aliphatic rings. The minimum atomic E-state index is 0.487. The van der Waals surface area contributed by atoms with Crippen LogP contribution in [0, 0.1) is 13.8 Å². The average Bonchev–Trinajstić information content (AvgIpc) is 2.69. The first-order valence-corrected chi connectivity index (χ1v) is 8.20. The molecule has 2 aromatic rings. The Balaban J connectivity index is 2.09. The van der Waals surface area contributed by atoms with E-state index in [1.165, 1.54) is 17.3 Å². The third-order valence-corrected chi connectivity index (χ3v) is 4.76. The average molecular weight is 355 g/mol. The quantitative estimate of drug-likeness (QED) is 0.844. The first-order chi connectivity index (χ1) is 9.45. The van der Waals surface area contributed by atoms with Crippen molar-refractivity contribution in [3.63, 3.8) is 0 Å². The van der Waals surface area contributed by atoms with Gasteiger partial charge in [0, 0.05) is 22.0 Å². The van der Waals surface area contributed by atoms with Crippen LogP contribution < -0.4 is 5.32 Å². The minimum absolute atomic E-state index is 0.487. The molecule has 3 nitrogen and oxygen atoms in total. The van der Waals surface area contributed by atoms with Gasteiger partial charge in [-0.15, -0.1) is 0 Å². The zero-order valence-corrected chi connectivity index (χ0v) is 14.6. The van der Waals surface area contributed by atoms with Gasteiger partial charge in [0.25, 0.3) is 5.22 Å². The maximum absolute atomic E-state index is 5.60. The molecule has 2 rings (SSSR count). The summed E-state index contributed by atoms with van der Waals surface area (Å²) < 4.78 is 6.67. The van der Waals surface area contributed by atoms with Gasteiger partial charge in [-0.3, -0.25) is 0 Å². The van der Waals surface area contributed by atoms with E-state index in [9.17, 15) is 0 Å². The van der Waals surface area contributed by atoms with Crippen LogP contribution in [0.15, 0.2) is 37.2 Å². The molecule has 1 aromatic carbocycles. The van der Waals surface area contributed by atoms with Gasteiger partial charge < -0.3 is 9.73 Å². The fourth-order valence-corrected chi connectivity index (χ4v) is 3.14. The van der Waals surface area contributed by atoms with Gasteiger partial charge in [0.05, 0.1) is 5.69 Å². The van der Waals surface area contributed by atoms with Crippen LogP contribution in [0.4, 0.5) is 0 Å². The second kappa shape index (κ2) is 6.78. The molecule has 1 aromatic heterocycles. The predicted octanol–water partition coefficient (Wildman–Crippen LogP) is 4.70. The minimum Gasteiger partial charge on any atom is -0.436 e. The summed E-state index contributed by atoms with van der Waals surface area (Å²) in [6.45, 7) is 9.05. The Labute approximate surface area is 132 Å². The smallest absolute Gasteiger partial charge is 0.261 e. The summed E-state index contributed by atoms with van der Waals surface area (Å²) in [6, 6.07) is 6.85. The highest BCUT2D eigenvalue weighted by atomic mass is 79.9. The zero-order chi connectivity index (χ0) is 14.7.